The molecule has 2 aromatic heterocycles. The number of para-hydroxylation sites is 5. The van der Waals surface area contributed by atoms with Gasteiger partial charge in [-0.25, -0.2) is 9.97 Å². The van der Waals surface area contributed by atoms with Gasteiger partial charge in [-0.2, -0.15) is 0 Å². The number of anilines is 3. The van der Waals surface area contributed by atoms with Crippen molar-refractivity contribution in [2.75, 3.05) is 4.90 Å². The van der Waals surface area contributed by atoms with Crippen LogP contribution in [0.4, 0.5) is 17.1 Å². The van der Waals surface area contributed by atoms with E-state index in [1.54, 1.807) is 0 Å². The number of nitrogens with zero attached hydrogens (tertiary/aromatic N) is 3. The predicted molar refractivity (Wildman–Crippen MR) is 241 cm³/mol. The Hall–Kier alpha value is -7.82. The molecule has 0 atom stereocenters. The first-order valence-electron chi connectivity index (χ1n) is 19.6. The summed E-state index contributed by atoms with van der Waals surface area (Å²) in [6.45, 7) is 0. The summed E-state index contributed by atoms with van der Waals surface area (Å²) < 4.78 is 6.79. The van der Waals surface area contributed by atoms with Gasteiger partial charge < -0.3 is 9.32 Å². The zero-order chi connectivity index (χ0) is 38.4. The summed E-state index contributed by atoms with van der Waals surface area (Å²) in [5.74, 6) is 0. The van der Waals surface area contributed by atoms with Crippen molar-refractivity contribution >= 4 is 60.8 Å². The molecule has 0 aliphatic heterocycles. The fraction of sp³-hybridized carbons (Fsp3) is 0. The minimum Gasteiger partial charge on any atom is -0.455 e. The average molecular weight is 742 g/mol. The van der Waals surface area contributed by atoms with Gasteiger partial charge in [0, 0.05) is 44.5 Å². The van der Waals surface area contributed by atoms with Crippen LogP contribution >= 0.6 is 0 Å². The summed E-state index contributed by atoms with van der Waals surface area (Å²) in [7, 11) is 0. The number of rotatable bonds is 7. The lowest BCUT2D eigenvalue weighted by atomic mass is 9.94. The fourth-order valence-electron chi connectivity index (χ4n) is 8.22. The highest BCUT2D eigenvalue weighted by Crippen LogP contribution is 2.44. The molecular formula is C54H35N3O. The second-order valence-corrected chi connectivity index (χ2v) is 14.6. The van der Waals surface area contributed by atoms with Crippen molar-refractivity contribution in [2.24, 2.45) is 0 Å². The standard InChI is InChI=1S/C54H35N3O/c1-3-15-42(16-4-1)57(43-17-5-2-6-18-43)44-31-29-38(30-32-44)45-33-34-47(51-46-19-9-12-22-50(46)58-54(45)51)53-52(55-48-20-10-11-21-49(48)56-53)39-26-23-37(24-27-39)41-28-25-36-13-7-8-14-40(36)35-41/h1-35H. The van der Waals surface area contributed by atoms with Gasteiger partial charge in [0.2, 0.25) is 0 Å². The van der Waals surface area contributed by atoms with Crippen molar-refractivity contribution in [3.8, 4) is 44.8 Å². The van der Waals surface area contributed by atoms with E-state index in [-0.39, 0.29) is 0 Å². The zero-order valence-corrected chi connectivity index (χ0v) is 31.5. The number of aromatic nitrogens is 2. The Labute approximate surface area is 335 Å². The lowest BCUT2D eigenvalue weighted by molar-refractivity contribution is 0.670. The van der Waals surface area contributed by atoms with Crippen molar-refractivity contribution in [3.05, 3.63) is 212 Å². The van der Waals surface area contributed by atoms with E-state index >= 15 is 0 Å². The van der Waals surface area contributed by atoms with Crippen LogP contribution in [-0.4, -0.2) is 9.97 Å². The maximum Gasteiger partial charge on any atom is 0.143 e. The molecule has 0 aliphatic carbocycles. The number of benzene rings is 9. The smallest absolute Gasteiger partial charge is 0.143 e. The molecule has 11 aromatic rings. The minimum atomic E-state index is 0.817. The second-order valence-electron chi connectivity index (χ2n) is 14.6. The summed E-state index contributed by atoms with van der Waals surface area (Å²) in [6, 6.07) is 74.3. The molecule has 58 heavy (non-hydrogen) atoms. The van der Waals surface area contributed by atoms with Gasteiger partial charge in [-0.1, -0.05) is 146 Å². The molecule has 0 N–H and O–H groups in total. The van der Waals surface area contributed by atoms with E-state index in [0.717, 1.165) is 89.2 Å². The monoisotopic (exact) mass is 741 g/mol. The van der Waals surface area contributed by atoms with Crippen LogP contribution in [0.25, 0.3) is 88.5 Å². The van der Waals surface area contributed by atoms with Crippen molar-refractivity contribution in [3.63, 3.8) is 0 Å². The lowest BCUT2D eigenvalue weighted by Gasteiger charge is -2.25. The summed E-state index contributed by atoms with van der Waals surface area (Å²) >= 11 is 0. The highest BCUT2D eigenvalue weighted by atomic mass is 16.3. The number of furan rings is 1. The van der Waals surface area contributed by atoms with E-state index < -0.39 is 0 Å². The summed E-state index contributed by atoms with van der Waals surface area (Å²) in [4.78, 5) is 12.9. The molecule has 4 heteroatoms. The van der Waals surface area contributed by atoms with Crippen LogP contribution in [0.3, 0.4) is 0 Å². The first kappa shape index (κ1) is 33.5. The number of hydrogen-bond donors (Lipinski definition) is 0. The Morgan fingerprint density at radius 3 is 1.62 bits per heavy atom. The molecule has 272 valence electrons. The second kappa shape index (κ2) is 14.0. The molecule has 9 aromatic carbocycles. The third kappa shape index (κ3) is 5.87. The maximum atomic E-state index is 6.79. The minimum absolute atomic E-state index is 0.817. The molecule has 4 nitrogen and oxygen atoms in total. The quantitative estimate of drug-likeness (QED) is 0.163. The average Bonchev–Trinajstić information content (AvgIpc) is 3.69. The van der Waals surface area contributed by atoms with Gasteiger partial charge in [-0.05, 0) is 94.2 Å². The Bertz CT molecular complexity index is 3220. The SMILES string of the molecule is c1ccc(N(c2ccccc2)c2ccc(-c3ccc(-c4nc5ccccc5nc4-c4ccc(-c5ccc6ccccc6c5)cc4)c4c3oc3ccccc34)cc2)cc1. The summed E-state index contributed by atoms with van der Waals surface area (Å²) in [5.41, 5.74) is 14.6. The molecule has 11 rings (SSSR count). The van der Waals surface area contributed by atoms with Crippen molar-refractivity contribution in [1.29, 1.82) is 0 Å². The number of hydrogen-bond acceptors (Lipinski definition) is 4. The first-order chi connectivity index (χ1) is 28.7. The van der Waals surface area contributed by atoms with Crippen LogP contribution in [0.1, 0.15) is 0 Å². The molecule has 0 radical (unpaired) electrons. The van der Waals surface area contributed by atoms with Gasteiger partial charge in [-0.3, -0.25) is 0 Å². The third-order valence-electron chi connectivity index (χ3n) is 11.1. The third-order valence-corrected chi connectivity index (χ3v) is 11.1. The Kier molecular flexibility index (Phi) is 8.11. The molecule has 0 bridgehead atoms. The van der Waals surface area contributed by atoms with Crippen LogP contribution in [-0.2, 0) is 0 Å². The molecule has 0 unspecified atom stereocenters. The van der Waals surface area contributed by atoms with Crippen LogP contribution in [0.5, 0.6) is 0 Å². The normalized spacial score (nSPS) is 11.4. The lowest BCUT2D eigenvalue weighted by Crippen LogP contribution is -2.09. The van der Waals surface area contributed by atoms with Crippen molar-refractivity contribution in [2.45, 2.75) is 0 Å². The van der Waals surface area contributed by atoms with E-state index in [2.05, 4.69) is 169 Å². The molecule has 0 saturated carbocycles. The van der Waals surface area contributed by atoms with Crippen molar-refractivity contribution < 1.29 is 4.42 Å². The van der Waals surface area contributed by atoms with Crippen molar-refractivity contribution in [1.82, 2.24) is 9.97 Å². The van der Waals surface area contributed by atoms with Gasteiger partial charge in [0.15, 0.2) is 0 Å². The van der Waals surface area contributed by atoms with E-state index in [1.807, 2.05) is 48.5 Å². The van der Waals surface area contributed by atoms with E-state index in [9.17, 15) is 0 Å². The maximum absolute atomic E-state index is 6.79. The molecule has 0 fully saturated rings. The molecule has 0 aliphatic rings. The Morgan fingerprint density at radius 1 is 0.362 bits per heavy atom. The predicted octanol–water partition coefficient (Wildman–Crippen LogP) is 14.8. The topological polar surface area (TPSA) is 42.2 Å². The summed E-state index contributed by atoms with van der Waals surface area (Å²) in [5, 5.41) is 4.52. The first-order valence-corrected chi connectivity index (χ1v) is 19.6. The van der Waals surface area contributed by atoms with Crippen LogP contribution in [0.15, 0.2) is 217 Å². The highest BCUT2D eigenvalue weighted by molar-refractivity contribution is 6.17. The number of fused-ring (bicyclic) bond motifs is 5. The molecule has 0 amide bonds. The van der Waals surface area contributed by atoms with Gasteiger partial charge in [0.05, 0.1) is 22.4 Å². The van der Waals surface area contributed by atoms with E-state index in [1.165, 1.54) is 16.3 Å². The highest BCUT2D eigenvalue weighted by Gasteiger charge is 2.22. The van der Waals surface area contributed by atoms with Gasteiger partial charge in [0.1, 0.15) is 11.2 Å². The molecule has 0 saturated heterocycles. The Balaban J connectivity index is 1.05. The zero-order valence-electron chi connectivity index (χ0n) is 31.5. The molecule has 2 heterocycles. The van der Waals surface area contributed by atoms with Gasteiger partial charge in [-0.15, -0.1) is 0 Å². The van der Waals surface area contributed by atoms with E-state index in [0.29, 0.717) is 0 Å². The Morgan fingerprint density at radius 2 is 0.897 bits per heavy atom. The van der Waals surface area contributed by atoms with Gasteiger partial charge >= 0.3 is 0 Å². The van der Waals surface area contributed by atoms with E-state index in [4.69, 9.17) is 14.4 Å². The van der Waals surface area contributed by atoms with Gasteiger partial charge in [0.25, 0.3) is 0 Å². The summed E-state index contributed by atoms with van der Waals surface area (Å²) in [6.07, 6.45) is 0. The fourth-order valence-corrected chi connectivity index (χ4v) is 8.22. The van der Waals surface area contributed by atoms with Crippen LogP contribution < -0.4 is 4.90 Å². The molecular weight excluding hydrogens is 707 g/mol. The largest absolute Gasteiger partial charge is 0.455 e. The van der Waals surface area contributed by atoms with Crippen LogP contribution in [0.2, 0.25) is 0 Å². The van der Waals surface area contributed by atoms with Crippen LogP contribution in [0, 0.1) is 0 Å². The molecule has 0 spiro atoms.